The van der Waals surface area contributed by atoms with Crippen molar-refractivity contribution in [1.82, 2.24) is 9.38 Å². The minimum Gasteiger partial charge on any atom is -0.436 e. The number of halogens is 2. The number of nitrogens with zero attached hydrogens (tertiary/aromatic N) is 2. The number of imidazole rings is 1. The van der Waals surface area contributed by atoms with E-state index in [0.717, 1.165) is 20.0 Å². The highest BCUT2D eigenvalue weighted by molar-refractivity contribution is 14.1. The maximum atomic E-state index is 5.91. The van der Waals surface area contributed by atoms with E-state index in [1.165, 1.54) is 0 Å². The summed E-state index contributed by atoms with van der Waals surface area (Å²) in [6.07, 6.45) is 2.01. The third-order valence-electron chi connectivity index (χ3n) is 2.49. The molecular weight excluding hydrogens is 427 g/mol. The lowest BCUT2D eigenvalue weighted by Gasteiger charge is -2.06. The fraction of sp³-hybridized carbons (Fsp3) is 0.0833. The normalized spacial score (nSPS) is 11.0. The number of fused-ring (bicyclic) bond motifs is 1. The first kappa shape index (κ1) is 12.4. The molecule has 0 bridgehead atoms. The van der Waals surface area contributed by atoms with Crippen LogP contribution in [0.25, 0.3) is 4.96 Å². The fourth-order valence-corrected chi connectivity index (χ4v) is 3.38. The molecule has 0 atom stereocenters. The summed E-state index contributed by atoms with van der Waals surface area (Å²) >= 11 is 7.35. The molecule has 0 saturated carbocycles. The van der Waals surface area contributed by atoms with Crippen molar-refractivity contribution in [2.75, 3.05) is 0 Å². The fourth-order valence-electron chi connectivity index (χ4n) is 1.65. The number of benzene rings is 1. The lowest BCUT2D eigenvalue weighted by atomic mass is 10.3. The Morgan fingerprint density at radius 1 is 1.39 bits per heavy atom. The second-order valence-corrected chi connectivity index (χ2v) is 6.18. The molecule has 0 unspecified atom stereocenters. The maximum Gasteiger partial charge on any atom is 0.243 e. The summed E-state index contributed by atoms with van der Waals surface area (Å²) in [5.74, 6) is 1.51. The Bertz CT molecular complexity index is 694. The Hall–Kier alpha value is -0.600. The van der Waals surface area contributed by atoms with Crippen molar-refractivity contribution in [1.29, 1.82) is 0 Å². The molecule has 2 aromatic heterocycles. The van der Waals surface area contributed by atoms with Crippen LogP contribution in [0, 0.1) is 3.57 Å². The molecule has 0 amide bonds. The van der Waals surface area contributed by atoms with Crippen LogP contribution in [0.3, 0.4) is 0 Å². The third-order valence-corrected chi connectivity index (χ3v) is 4.67. The molecule has 0 saturated heterocycles. The highest BCUT2D eigenvalue weighted by atomic mass is 127. The first-order chi connectivity index (χ1) is 8.79. The number of para-hydroxylation sites is 1. The topological polar surface area (TPSA) is 26.5 Å². The zero-order chi connectivity index (χ0) is 12.5. The molecule has 0 aliphatic carbocycles. The first-order valence-electron chi connectivity index (χ1n) is 5.22. The summed E-state index contributed by atoms with van der Waals surface area (Å²) in [7, 11) is 0. The van der Waals surface area contributed by atoms with Gasteiger partial charge in [-0.3, -0.25) is 4.40 Å². The van der Waals surface area contributed by atoms with Crippen molar-refractivity contribution >= 4 is 54.8 Å². The van der Waals surface area contributed by atoms with Crippen molar-refractivity contribution in [3.05, 3.63) is 45.1 Å². The van der Waals surface area contributed by atoms with Crippen LogP contribution in [0.15, 0.2) is 35.8 Å². The number of alkyl halides is 1. The van der Waals surface area contributed by atoms with Crippen molar-refractivity contribution in [3.8, 4) is 11.6 Å². The van der Waals surface area contributed by atoms with Crippen molar-refractivity contribution in [2.45, 2.75) is 5.33 Å². The van der Waals surface area contributed by atoms with E-state index in [-0.39, 0.29) is 0 Å². The monoisotopic (exact) mass is 434 g/mol. The second kappa shape index (κ2) is 5.18. The van der Waals surface area contributed by atoms with Gasteiger partial charge in [-0.2, -0.15) is 4.98 Å². The second-order valence-electron chi connectivity index (χ2n) is 3.59. The van der Waals surface area contributed by atoms with Crippen LogP contribution in [0.1, 0.15) is 5.69 Å². The van der Waals surface area contributed by atoms with Crippen molar-refractivity contribution in [3.63, 3.8) is 0 Å². The molecule has 0 spiro atoms. The van der Waals surface area contributed by atoms with Gasteiger partial charge in [-0.25, -0.2) is 0 Å². The maximum absolute atomic E-state index is 5.91. The number of aromatic nitrogens is 2. The van der Waals surface area contributed by atoms with Gasteiger partial charge in [0, 0.05) is 16.9 Å². The zero-order valence-electron chi connectivity index (χ0n) is 9.14. The Labute approximate surface area is 130 Å². The average molecular weight is 435 g/mol. The van der Waals surface area contributed by atoms with Crippen LogP contribution in [0.5, 0.6) is 11.6 Å². The smallest absolute Gasteiger partial charge is 0.243 e. The Morgan fingerprint density at radius 3 is 3.00 bits per heavy atom. The molecule has 0 fully saturated rings. The molecule has 6 heteroatoms. The lowest BCUT2D eigenvalue weighted by molar-refractivity contribution is 0.458. The van der Waals surface area contributed by atoms with Gasteiger partial charge in [0.25, 0.3) is 0 Å². The van der Waals surface area contributed by atoms with E-state index in [1.54, 1.807) is 11.3 Å². The summed E-state index contributed by atoms with van der Waals surface area (Å²) in [6, 6.07) is 7.92. The van der Waals surface area contributed by atoms with E-state index in [4.69, 9.17) is 4.74 Å². The van der Waals surface area contributed by atoms with Crippen molar-refractivity contribution < 1.29 is 4.74 Å². The number of hydrogen-bond donors (Lipinski definition) is 0. The van der Waals surface area contributed by atoms with Gasteiger partial charge in [-0.05, 0) is 34.7 Å². The van der Waals surface area contributed by atoms with Crippen LogP contribution in [-0.4, -0.2) is 9.38 Å². The highest BCUT2D eigenvalue weighted by Gasteiger charge is 2.14. The molecule has 3 nitrogen and oxygen atoms in total. The molecule has 92 valence electrons. The van der Waals surface area contributed by atoms with Gasteiger partial charge >= 0.3 is 0 Å². The molecule has 3 aromatic rings. The number of thiazole rings is 1. The SMILES string of the molecule is BrCc1c(Oc2ccccc2I)nc2sccn12. The van der Waals surface area contributed by atoms with Gasteiger partial charge < -0.3 is 4.74 Å². The minimum absolute atomic E-state index is 0.669. The number of rotatable bonds is 3. The van der Waals surface area contributed by atoms with E-state index in [0.29, 0.717) is 11.2 Å². The molecule has 0 aliphatic rings. The van der Waals surface area contributed by atoms with Crippen LogP contribution < -0.4 is 4.74 Å². The largest absolute Gasteiger partial charge is 0.436 e. The van der Waals surface area contributed by atoms with E-state index >= 15 is 0 Å². The molecule has 1 aromatic carbocycles. The van der Waals surface area contributed by atoms with E-state index in [1.807, 2.05) is 40.2 Å². The van der Waals surface area contributed by atoms with Crippen molar-refractivity contribution in [2.24, 2.45) is 0 Å². The summed E-state index contributed by atoms with van der Waals surface area (Å²) in [6.45, 7) is 0. The Kier molecular flexibility index (Phi) is 3.58. The third kappa shape index (κ3) is 2.17. The van der Waals surface area contributed by atoms with Gasteiger partial charge in [0.1, 0.15) is 5.75 Å². The molecule has 2 heterocycles. The quantitative estimate of drug-likeness (QED) is 0.441. The number of ether oxygens (including phenoxy) is 1. The average Bonchev–Trinajstić information content (AvgIpc) is 2.92. The van der Waals surface area contributed by atoms with E-state index in [2.05, 4.69) is 43.5 Å². The van der Waals surface area contributed by atoms with Gasteiger partial charge in [0.05, 0.1) is 9.26 Å². The van der Waals surface area contributed by atoms with Crippen LogP contribution in [0.4, 0.5) is 0 Å². The summed E-state index contributed by atoms with van der Waals surface area (Å²) in [5.41, 5.74) is 1.03. The lowest BCUT2D eigenvalue weighted by Crippen LogP contribution is -1.92. The van der Waals surface area contributed by atoms with Crippen LogP contribution in [-0.2, 0) is 5.33 Å². The summed E-state index contributed by atoms with van der Waals surface area (Å²) in [4.78, 5) is 5.46. The van der Waals surface area contributed by atoms with Crippen LogP contribution in [0.2, 0.25) is 0 Å². The van der Waals surface area contributed by atoms with Gasteiger partial charge in [0.2, 0.25) is 5.88 Å². The molecule has 3 rings (SSSR count). The predicted molar refractivity (Wildman–Crippen MR) is 84.9 cm³/mol. The molecule has 0 aliphatic heterocycles. The highest BCUT2D eigenvalue weighted by Crippen LogP contribution is 2.31. The minimum atomic E-state index is 0.669. The van der Waals surface area contributed by atoms with Gasteiger partial charge in [-0.1, -0.05) is 28.1 Å². The zero-order valence-corrected chi connectivity index (χ0v) is 13.7. The summed E-state index contributed by atoms with van der Waals surface area (Å²) in [5, 5.41) is 2.73. The molecule has 0 N–H and O–H groups in total. The molecule has 18 heavy (non-hydrogen) atoms. The first-order valence-corrected chi connectivity index (χ1v) is 8.30. The van der Waals surface area contributed by atoms with E-state index < -0.39 is 0 Å². The van der Waals surface area contributed by atoms with Gasteiger partial charge in [-0.15, -0.1) is 11.3 Å². The number of hydrogen-bond acceptors (Lipinski definition) is 3. The van der Waals surface area contributed by atoms with Gasteiger partial charge in [0.15, 0.2) is 4.96 Å². The van der Waals surface area contributed by atoms with Crippen LogP contribution >= 0.6 is 49.9 Å². The standard InChI is InChI=1S/C12H8BrIN2OS/c13-7-9-11(15-12-16(9)5-6-18-12)17-10-4-2-1-3-8(10)14/h1-6H,7H2. The molecular formula is C12H8BrIN2OS. The van der Waals surface area contributed by atoms with E-state index in [9.17, 15) is 0 Å². The Morgan fingerprint density at radius 2 is 2.22 bits per heavy atom. The predicted octanol–water partition coefficient (Wildman–Crippen LogP) is 4.69. The molecule has 0 radical (unpaired) electrons. The Balaban J connectivity index is 2.04. The summed E-state index contributed by atoms with van der Waals surface area (Å²) < 4.78 is 9.03.